The quantitative estimate of drug-likeness (QED) is 0.757. The van der Waals surface area contributed by atoms with Crippen molar-refractivity contribution >= 4 is 5.91 Å². The SMILES string of the molecule is CC(NCC(O)c1ccccc1)C(=O)NC(C)(C)C. The first-order valence-corrected chi connectivity index (χ1v) is 6.58. The molecule has 1 aromatic carbocycles. The van der Waals surface area contributed by atoms with Gasteiger partial charge >= 0.3 is 0 Å². The van der Waals surface area contributed by atoms with Crippen molar-refractivity contribution in [3.8, 4) is 0 Å². The van der Waals surface area contributed by atoms with E-state index in [1.165, 1.54) is 0 Å². The Kier molecular flexibility index (Phi) is 5.51. The topological polar surface area (TPSA) is 61.4 Å². The molecule has 1 aromatic rings. The minimum atomic E-state index is -0.605. The van der Waals surface area contributed by atoms with Crippen LogP contribution in [0.2, 0.25) is 0 Å². The van der Waals surface area contributed by atoms with Crippen molar-refractivity contribution in [2.45, 2.75) is 45.4 Å². The third kappa shape index (κ3) is 5.85. The third-order valence-electron chi connectivity index (χ3n) is 2.69. The summed E-state index contributed by atoms with van der Waals surface area (Å²) in [5.41, 5.74) is 0.601. The number of benzene rings is 1. The van der Waals surface area contributed by atoms with E-state index in [9.17, 15) is 9.90 Å². The summed E-state index contributed by atoms with van der Waals surface area (Å²) in [5.74, 6) is -0.0623. The molecular formula is C15H24N2O2. The van der Waals surface area contributed by atoms with Crippen LogP contribution in [0.4, 0.5) is 0 Å². The Balaban J connectivity index is 2.42. The van der Waals surface area contributed by atoms with Crippen LogP contribution in [0.3, 0.4) is 0 Å². The van der Waals surface area contributed by atoms with Crippen molar-refractivity contribution in [3.05, 3.63) is 35.9 Å². The molecule has 2 unspecified atom stereocenters. The zero-order valence-corrected chi connectivity index (χ0v) is 12.1. The molecule has 1 amide bonds. The van der Waals surface area contributed by atoms with Gasteiger partial charge in [0, 0.05) is 12.1 Å². The molecular weight excluding hydrogens is 240 g/mol. The van der Waals surface area contributed by atoms with E-state index in [1.54, 1.807) is 6.92 Å². The van der Waals surface area contributed by atoms with E-state index in [2.05, 4.69) is 10.6 Å². The Hall–Kier alpha value is -1.39. The number of rotatable bonds is 5. The summed E-state index contributed by atoms with van der Waals surface area (Å²) >= 11 is 0. The molecule has 19 heavy (non-hydrogen) atoms. The van der Waals surface area contributed by atoms with E-state index in [0.717, 1.165) is 5.56 Å². The molecule has 0 aliphatic carbocycles. The fraction of sp³-hybridized carbons (Fsp3) is 0.533. The standard InChI is InChI=1S/C15H24N2O2/c1-11(14(19)17-15(2,3)4)16-10-13(18)12-8-6-5-7-9-12/h5-9,11,13,16,18H,10H2,1-4H3,(H,17,19). The van der Waals surface area contributed by atoms with Crippen molar-refractivity contribution < 1.29 is 9.90 Å². The molecule has 0 aliphatic rings. The molecule has 0 bridgehead atoms. The first-order chi connectivity index (χ1) is 8.79. The van der Waals surface area contributed by atoms with Crippen LogP contribution in [0, 0.1) is 0 Å². The summed E-state index contributed by atoms with van der Waals surface area (Å²) in [6.07, 6.45) is -0.605. The molecule has 0 saturated heterocycles. The van der Waals surface area contributed by atoms with Crippen LogP contribution < -0.4 is 10.6 Å². The second kappa shape index (κ2) is 6.68. The van der Waals surface area contributed by atoms with E-state index >= 15 is 0 Å². The number of carbonyl (C=O) groups is 1. The van der Waals surface area contributed by atoms with Gasteiger partial charge in [0.05, 0.1) is 12.1 Å². The van der Waals surface area contributed by atoms with Gasteiger partial charge in [-0.15, -0.1) is 0 Å². The zero-order valence-electron chi connectivity index (χ0n) is 12.1. The van der Waals surface area contributed by atoms with Crippen molar-refractivity contribution in [2.75, 3.05) is 6.54 Å². The van der Waals surface area contributed by atoms with Gasteiger partial charge in [-0.3, -0.25) is 4.79 Å². The van der Waals surface area contributed by atoms with Crippen LogP contribution in [0.25, 0.3) is 0 Å². The Morgan fingerprint density at radius 1 is 1.26 bits per heavy atom. The lowest BCUT2D eigenvalue weighted by Crippen LogP contribution is -2.50. The van der Waals surface area contributed by atoms with Crippen molar-refractivity contribution in [3.63, 3.8) is 0 Å². The largest absolute Gasteiger partial charge is 0.387 e. The number of hydrogen-bond acceptors (Lipinski definition) is 3. The predicted molar refractivity (Wildman–Crippen MR) is 76.8 cm³/mol. The van der Waals surface area contributed by atoms with Gasteiger partial charge in [0.2, 0.25) is 5.91 Å². The van der Waals surface area contributed by atoms with Gasteiger partial charge < -0.3 is 15.7 Å². The highest BCUT2D eigenvalue weighted by atomic mass is 16.3. The van der Waals surface area contributed by atoms with Gasteiger partial charge in [0.1, 0.15) is 0 Å². The number of aliphatic hydroxyl groups is 1. The summed E-state index contributed by atoms with van der Waals surface area (Å²) in [6, 6.07) is 9.07. The Labute approximate surface area is 115 Å². The van der Waals surface area contributed by atoms with E-state index in [1.807, 2.05) is 51.1 Å². The number of nitrogens with one attached hydrogen (secondary N) is 2. The molecule has 4 nitrogen and oxygen atoms in total. The molecule has 0 aromatic heterocycles. The first kappa shape index (κ1) is 15.7. The van der Waals surface area contributed by atoms with Gasteiger partial charge in [0.15, 0.2) is 0 Å². The van der Waals surface area contributed by atoms with E-state index in [0.29, 0.717) is 6.54 Å². The lowest BCUT2D eigenvalue weighted by atomic mass is 10.1. The lowest BCUT2D eigenvalue weighted by molar-refractivity contribution is -0.124. The number of amides is 1. The Morgan fingerprint density at radius 2 is 1.84 bits per heavy atom. The van der Waals surface area contributed by atoms with Crippen molar-refractivity contribution in [1.29, 1.82) is 0 Å². The smallest absolute Gasteiger partial charge is 0.237 e. The average molecular weight is 264 g/mol. The highest BCUT2D eigenvalue weighted by Gasteiger charge is 2.19. The third-order valence-corrected chi connectivity index (χ3v) is 2.69. The minimum absolute atomic E-state index is 0.0623. The van der Waals surface area contributed by atoms with Gasteiger partial charge in [-0.05, 0) is 33.3 Å². The normalized spacial score (nSPS) is 14.8. The molecule has 0 fully saturated rings. The number of hydrogen-bond donors (Lipinski definition) is 3. The van der Waals surface area contributed by atoms with Gasteiger partial charge in [-0.1, -0.05) is 30.3 Å². The number of aliphatic hydroxyl groups excluding tert-OH is 1. The summed E-state index contributed by atoms with van der Waals surface area (Å²) in [7, 11) is 0. The second-order valence-corrected chi connectivity index (χ2v) is 5.80. The van der Waals surface area contributed by atoms with E-state index in [-0.39, 0.29) is 17.5 Å². The van der Waals surface area contributed by atoms with Crippen LogP contribution in [-0.2, 0) is 4.79 Å². The fourth-order valence-electron chi connectivity index (χ4n) is 1.65. The van der Waals surface area contributed by atoms with Crippen LogP contribution >= 0.6 is 0 Å². The van der Waals surface area contributed by atoms with Crippen LogP contribution in [0.15, 0.2) is 30.3 Å². The maximum absolute atomic E-state index is 11.9. The molecule has 2 atom stereocenters. The van der Waals surface area contributed by atoms with Gasteiger partial charge in [-0.25, -0.2) is 0 Å². The lowest BCUT2D eigenvalue weighted by Gasteiger charge is -2.24. The monoisotopic (exact) mass is 264 g/mol. The van der Waals surface area contributed by atoms with Gasteiger partial charge in [0.25, 0.3) is 0 Å². The van der Waals surface area contributed by atoms with Crippen LogP contribution in [-0.4, -0.2) is 29.1 Å². The molecule has 0 heterocycles. The van der Waals surface area contributed by atoms with Gasteiger partial charge in [-0.2, -0.15) is 0 Å². The summed E-state index contributed by atoms with van der Waals surface area (Å²) in [4.78, 5) is 11.9. The maximum Gasteiger partial charge on any atom is 0.237 e. The molecule has 0 aliphatic heterocycles. The summed E-state index contributed by atoms with van der Waals surface area (Å²) in [5, 5.41) is 15.9. The highest BCUT2D eigenvalue weighted by Crippen LogP contribution is 2.10. The molecule has 3 N–H and O–H groups in total. The van der Waals surface area contributed by atoms with Crippen LogP contribution in [0.5, 0.6) is 0 Å². The number of carbonyl (C=O) groups excluding carboxylic acids is 1. The maximum atomic E-state index is 11.9. The average Bonchev–Trinajstić information content (AvgIpc) is 2.34. The first-order valence-electron chi connectivity index (χ1n) is 6.58. The fourth-order valence-corrected chi connectivity index (χ4v) is 1.65. The molecule has 4 heteroatoms. The van der Waals surface area contributed by atoms with Crippen molar-refractivity contribution in [1.82, 2.24) is 10.6 Å². The predicted octanol–water partition coefficient (Wildman–Crippen LogP) is 1.61. The molecule has 0 radical (unpaired) electrons. The van der Waals surface area contributed by atoms with E-state index in [4.69, 9.17) is 0 Å². The Bertz CT molecular complexity index is 398. The zero-order chi connectivity index (χ0) is 14.5. The molecule has 1 rings (SSSR count). The summed E-state index contributed by atoms with van der Waals surface area (Å²) in [6.45, 7) is 7.96. The van der Waals surface area contributed by atoms with Crippen molar-refractivity contribution in [2.24, 2.45) is 0 Å². The molecule has 0 saturated carbocycles. The minimum Gasteiger partial charge on any atom is -0.387 e. The highest BCUT2D eigenvalue weighted by molar-refractivity contribution is 5.81. The van der Waals surface area contributed by atoms with E-state index < -0.39 is 6.10 Å². The summed E-state index contributed by atoms with van der Waals surface area (Å²) < 4.78 is 0. The van der Waals surface area contributed by atoms with Crippen LogP contribution in [0.1, 0.15) is 39.4 Å². The second-order valence-electron chi connectivity index (χ2n) is 5.80. The molecule has 0 spiro atoms. The molecule has 106 valence electrons. The Morgan fingerprint density at radius 3 is 2.37 bits per heavy atom.